The maximum Gasteiger partial charge on any atom is 0.0494 e. The number of thiophene rings is 1. The summed E-state index contributed by atoms with van der Waals surface area (Å²) >= 11 is 5.27. The first-order valence-electron chi connectivity index (χ1n) is 4.78. The van der Waals surface area contributed by atoms with Crippen LogP contribution in [0.4, 0.5) is 5.69 Å². The number of hydrogen-bond acceptors (Lipinski definition) is 2. The third-order valence-corrected chi connectivity index (χ3v) is 3.97. The summed E-state index contributed by atoms with van der Waals surface area (Å²) in [5, 5.41) is 5.51. The van der Waals surface area contributed by atoms with Gasteiger partial charge < -0.3 is 5.32 Å². The Kier molecular flexibility index (Phi) is 3.44. The number of hydrogen-bond donors (Lipinski definition) is 1. The fourth-order valence-electron chi connectivity index (χ4n) is 1.36. The Bertz CT molecular complexity index is 437. The molecule has 0 spiro atoms. The van der Waals surface area contributed by atoms with Crippen LogP contribution in [0.3, 0.4) is 0 Å². The molecule has 2 rings (SSSR count). The van der Waals surface area contributed by atoms with Crippen LogP contribution in [-0.2, 0) is 6.54 Å². The van der Waals surface area contributed by atoms with Gasteiger partial charge in [-0.25, -0.2) is 0 Å². The molecule has 1 aromatic carbocycles. The Morgan fingerprint density at radius 3 is 2.87 bits per heavy atom. The van der Waals surface area contributed by atoms with Gasteiger partial charge in [-0.3, -0.25) is 0 Å². The summed E-state index contributed by atoms with van der Waals surface area (Å²) in [6.45, 7) is 3.00. The fraction of sp³-hybridized carbons (Fsp3) is 0.167. The van der Waals surface area contributed by atoms with Crippen molar-refractivity contribution in [3.8, 4) is 0 Å². The maximum atomic E-state index is 3.49. The largest absolute Gasteiger partial charge is 0.380 e. The average Bonchev–Trinajstić information content (AvgIpc) is 2.73. The number of anilines is 1. The Morgan fingerprint density at radius 2 is 2.20 bits per heavy atom. The number of nitrogens with one attached hydrogen (secondary N) is 1. The lowest BCUT2D eigenvalue weighted by atomic mass is 10.2. The zero-order valence-corrected chi connectivity index (χ0v) is 10.9. The quantitative estimate of drug-likeness (QED) is 0.878. The van der Waals surface area contributed by atoms with E-state index in [1.807, 2.05) is 0 Å². The first-order valence-corrected chi connectivity index (χ1v) is 6.45. The van der Waals surface area contributed by atoms with Crippen molar-refractivity contribution < 1.29 is 0 Å². The van der Waals surface area contributed by atoms with Crippen LogP contribution in [0.2, 0.25) is 0 Å². The Morgan fingerprint density at radius 1 is 1.33 bits per heavy atom. The lowest BCUT2D eigenvalue weighted by Gasteiger charge is -2.06. The van der Waals surface area contributed by atoms with E-state index in [0.717, 1.165) is 11.0 Å². The van der Waals surface area contributed by atoms with E-state index in [2.05, 4.69) is 63.9 Å². The SMILES string of the molecule is Cc1cc(NCc2cccs2)ccc1Br. The summed E-state index contributed by atoms with van der Waals surface area (Å²) in [7, 11) is 0. The summed E-state index contributed by atoms with van der Waals surface area (Å²) in [5.74, 6) is 0. The fourth-order valence-corrected chi connectivity index (χ4v) is 2.25. The van der Waals surface area contributed by atoms with Crippen LogP contribution in [0, 0.1) is 6.92 Å². The van der Waals surface area contributed by atoms with E-state index < -0.39 is 0 Å². The van der Waals surface area contributed by atoms with Gasteiger partial charge in [-0.1, -0.05) is 22.0 Å². The molecule has 0 aliphatic carbocycles. The first-order chi connectivity index (χ1) is 7.25. The van der Waals surface area contributed by atoms with Crippen molar-refractivity contribution in [2.24, 2.45) is 0 Å². The normalized spacial score (nSPS) is 10.3. The first kappa shape index (κ1) is 10.7. The zero-order chi connectivity index (χ0) is 10.7. The van der Waals surface area contributed by atoms with Crippen LogP contribution in [0.25, 0.3) is 0 Å². The molecule has 78 valence electrons. The van der Waals surface area contributed by atoms with Crippen LogP contribution in [0.5, 0.6) is 0 Å². The highest BCUT2D eigenvalue weighted by Gasteiger charge is 1.97. The van der Waals surface area contributed by atoms with Crippen molar-refractivity contribution in [2.45, 2.75) is 13.5 Å². The molecule has 0 fully saturated rings. The zero-order valence-electron chi connectivity index (χ0n) is 8.46. The minimum Gasteiger partial charge on any atom is -0.380 e. The molecule has 0 amide bonds. The maximum absolute atomic E-state index is 3.49. The van der Waals surface area contributed by atoms with Crippen LogP contribution < -0.4 is 5.32 Å². The molecule has 0 aliphatic heterocycles. The lowest BCUT2D eigenvalue weighted by molar-refractivity contribution is 1.19. The van der Waals surface area contributed by atoms with Gasteiger partial charge in [0.15, 0.2) is 0 Å². The molecule has 1 aromatic heterocycles. The van der Waals surface area contributed by atoms with Gasteiger partial charge in [-0.2, -0.15) is 0 Å². The number of aryl methyl sites for hydroxylation is 1. The molecule has 0 atom stereocenters. The highest BCUT2D eigenvalue weighted by molar-refractivity contribution is 9.10. The number of benzene rings is 1. The Hall–Kier alpha value is -0.800. The van der Waals surface area contributed by atoms with Gasteiger partial charge in [0.1, 0.15) is 0 Å². The van der Waals surface area contributed by atoms with Gasteiger partial charge in [0.25, 0.3) is 0 Å². The molecular weight excluding hydrogens is 270 g/mol. The second kappa shape index (κ2) is 4.81. The number of rotatable bonds is 3. The van der Waals surface area contributed by atoms with Gasteiger partial charge >= 0.3 is 0 Å². The summed E-state index contributed by atoms with van der Waals surface area (Å²) in [4.78, 5) is 1.36. The molecule has 0 saturated heterocycles. The van der Waals surface area contributed by atoms with Gasteiger partial charge in [0.2, 0.25) is 0 Å². The Labute approximate surface area is 102 Å². The summed E-state index contributed by atoms with van der Waals surface area (Å²) in [6.07, 6.45) is 0. The molecule has 3 heteroatoms. The second-order valence-corrected chi connectivity index (χ2v) is 5.28. The van der Waals surface area contributed by atoms with E-state index in [9.17, 15) is 0 Å². The van der Waals surface area contributed by atoms with Crippen molar-refractivity contribution in [3.63, 3.8) is 0 Å². The predicted octanol–water partition coefficient (Wildman–Crippen LogP) is 4.43. The molecule has 2 aromatic rings. The van der Waals surface area contributed by atoms with E-state index in [0.29, 0.717) is 0 Å². The van der Waals surface area contributed by atoms with Gasteiger partial charge in [0.05, 0.1) is 0 Å². The topological polar surface area (TPSA) is 12.0 Å². The van der Waals surface area contributed by atoms with Gasteiger partial charge in [0, 0.05) is 21.6 Å². The van der Waals surface area contributed by atoms with Crippen molar-refractivity contribution >= 4 is 33.0 Å². The highest BCUT2D eigenvalue weighted by Crippen LogP contribution is 2.20. The molecule has 0 aliphatic rings. The number of halogens is 1. The van der Waals surface area contributed by atoms with Crippen molar-refractivity contribution in [2.75, 3.05) is 5.32 Å². The van der Waals surface area contributed by atoms with Crippen molar-refractivity contribution in [1.29, 1.82) is 0 Å². The highest BCUT2D eigenvalue weighted by atomic mass is 79.9. The molecule has 0 saturated carbocycles. The van der Waals surface area contributed by atoms with E-state index in [-0.39, 0.29) is 0 Å². The van der Waals surface area contributed by atoms with Crippen molar-refractivity contribution in [1.82, 2.24) is 0 Å². The molecule has 15 heavy (non-hydrogen) atoms. The van der Waals surface area contributed by atoms with E-state index in [4.69, 9.17) is 0 Å². The third kappa shape index (κ3) is 2.83. The minimum atomic E-state index is 0.902. The van der Waals surface area contributed by atoms with Crippen LogP contribution in [0.15, 0.2) is 40.2 Å². The molecule has 0 radical (unpaired) electrons. The summed E-state index contributed by atoms with van der Waals surface area (Å²) in [6, 6.07) is 10.5. The lowest BCUT2D eigenvalue weighted by Crippen LogP contribution is -1.97. The monoisotopic (exact) mass is 281 g/mol. The minimum absolute atomic E-state index is 0.902. The van der Waals surface area contributed by atoms with Crippen LogP contribution >= 0.6 is 27.3 Å². The van der Waals surface area contributed by atoms with Gasteiger partial charge in [-0.05, 0) is 42.1 Å². The van der Waals surface area contributed by atoms with Crippen molar-refractivity contribution in [3.05, 3.63) is 50.6 Å². The predicted molar refractivity (Wildman–Crippen MR) is 70.5 cm³/mol. The summed E-state index contributed by atoms with van der Waals surface area (Å²) in [5.41, 5.74) is 2.43. The standard InChI is InChI=1S/C12H12BrNS/c1-9-7-10(4-5-12(9)13)14-8-11-3-2-6-15-11/h2-7,14H,8H2,1H3. The molecule has 1 nitrogen and oxygen atoms in total. The molecule has 1 heterocycles. The molecular formula is C12H12BrNS. The Balaban J connectivity index is 2.02. The van der Waals surface area contributed by atoms with E-state index in [1.165, 1.54) is 16.1 Å². The smallest absolute Gasteiger partial charge is 0.0494 e. The second-order valence-electron chi connectivity index (χ2n) is 3.40. The summed E-state index contributed by atoms with van der Waals surface area (Å²) < 4.78 is 1.16. The average molecular weight is 282 g/mol. The van der Waals surface area contributed by atoms with Crippen LogP contribution in [-0.4, -0.2) is 0 Å². The molecule has 1 N–H and O–H groups in total. The van der Waals surface area contributed by atoms with Gasteiger partial charge in [-0.15, -0.1) is 11.3 Å². The molecule has 0 bridgehead atoms. The van der Waals surface area contributed by atoms with E-state index >= 15 is 0 Å². The third-order valence-electron chi connectivity index (χ3n) is 2.20. The van der Waals surface area contributed by atoms with Crippen LogP contribution in [0.1, 0.15) is 10.4 Å². The van der Waals surface area contributed by atoms with E-state index in [1.54, 1.807) is 11.3 Å². The molecule has 0 unspecified atom stereocenters.